The fourth-order valence-corrected chi connectivity index (χ4v) is 2.65. The summed E-state index contributed by atoms with van der Waals surface area (Å²) in [5, 5.41) is 4.02. The van der Waals surface area contributed by atoms with Gasteiger partial charge in [0.25, 0.3) is 0 Å². The molecule has 1 rings (SSSR count). The van der Waals surface area contributed by atoms with Crippen LogP contribution in [0.4, 0.5) is 0 Å². The number of carbonyl (C=O) groups is 1. The Balaban J connectivity index is 0.00000361. The average Bonchev–Trinajstić information content (AvgIpc) is 2.34. The second kappa shape index (κ2) is 10.6. The Bertz CT molecular complexity index is 412. The molecule has 0 aromatic heterocycles. The van der Waals surface area contributed by atoms with Gasteiger partial charge >= 0.3 is 0 Å². The molecule has 0 radical (unpaired) electrons. The summed E-state index contributed by atoms with van der Waals surface area (Å²) >= 11 is 13.5. The lowest BCUT2D eigenvalue weighted by Gasteiger charge is -2.11. The zero-order valence-corrected chi connectivity index (χ0v) is 14.3. The summed E-state index contributed by atoms with van der Waals surface area (Å²) in [6, 6.07) is 4.93. The standard InChI is InChI=1S/C13H18Cl2N2OS.ClH/c1-19-5-3-12(16)13(18)17-4-2-9-6-10(14)8-11(15)7-9;/h6-8,12H,2-5,16H2,1H3,(H,17,18);1H/t12-;/m0./s1. The average molecular weight is 358 g/mol. The van der Waals surface area contributed by atoms with E-state index in [0.717, 1.165) is 11.3 Å². The van der Waals surface area contributed by atoms with Gasteiger partial charge in [-0.2, -0.15) is 11.8 Å². The molecule has 1 atom stereocenters. The van der Waals surface area contributed by atoms with E-state index in [2.05, 4.69) is 5.32 Å². The lowest BCUT2D eigenvalue weighted by molar-refractivity contribution is -0.122. The molecule has 0 aliphatic heterocycles. The molecule has 0 spiro atoms. The molecular formula is C13H19Cl3N2OS. The number of hydrogen-bond acceptors (Lipinski definition) is 3. The maximum atomic E-state index is 11.7. The smallest absolute Gasteiger partial charge is 0.236 e. The van der Waals surface area contributed by atoms with E-state index in [4.69, 9.17) is 28.9 Å². The third kappa shape index (κ3) is 7.60. The second-order valence-corrected chi connectivity index (χ2v) is 6.07. The van der Waals surface area contributed by atoms with Crippen molar-refractivity contribution in [2.75, 3.05) is 18.6 Å². The van der Waals surface area contributed by atoms with E-state index in [1.54, 1.807) is 17.8 Å². The zero-order valence-electron chi connectivity index (χ0n) is 11.2. The van der Waals surface area contributed by atoms with Crippen molar-refractivity contribution in [2.24, 2.45) is 5.73 Å². The molecule has 20 heavy (non-hydrogen) atoms. The number of halogens is 3. The van der Waals surface area contributed by atoms with Crippen LogP contribution in [0.15, 0.2) is 18.2 Å². The molecule has 0 unspecified atom stereocenters. The monoisotopic (exact) mass is 356 g/mol. The van der Waals surface area contributed by atoms with Crippen molar-refractivity contribution < 1.29 is 4.79 Å². The highest BCUT2D eigenvalue weighted by Crippen LogP contribution is 2.19. The van der Waals surface area contributed by atoms with Gasteiger partial charge < -0.3 is 11.1 Å². The Labute approximate surface area is 140 Å². The first-order valence-corrected chi connectivity index (χ1v) is 8.15. The Morgan fingerprint density at radius 3 is 2.50 bits per heavy atom. The molecule has 7 heteroatoms. The van der Waals surface area contributed by atoms with Gasteiger partial charge in [-0.25, -0.2) is 0 Å². The lowest BCUT2D eigenvalue weighted by atomic mass is 10.1. The predicted molar refractivity (Wildman–Crippen MR) is 91.4 cm³/mol. The van der Waals surface area contributed by atoms with Gasteiger partial charge in [-0.3, -0.25) is 4.79 Å². The van der Waals surface area contributed by atoms with Gasteiger partial charge in [0.15, 0.2) is 0 Å². The molecule has 0 saturated heterocycles. The topological polar surface area (TPSA) is 55.1 Å². The largest absolute Gasteiger partial charge is 0.354 e. The summed E-state index contributed by atoms with van der Waals surface area (Å²) in [5.74, 6) is 0.778. The summed E-state index contributed by atoms with van der Waals surface area (Å²) in [5.41, 5.74) is 6.76. The van der Waals surface area contributed by atoms with Crippen LogP contribution in [-0.2, 0) is 11.2 Å². The molecule has 0 saturated carbocycles. The van der Waals surface area contributed by atoms with Gasteiger partial charge in [0.05, 0.1) is 6.04 Å². The predicted octanol–water partition coefficient (Wildman–Crippen LogP) is 3.15. The molecule has 1 aromatic carbocycles. The molecular weight excluding hydrogens is 339 g/mol. The van der Waals surface area contributed by atoms with Crippen molar-refractivity contribution in [3.8, 4) is 0 Å². The quantitative estimate of drug-likeness (QED) is 0.788. The zero-order chi connectivity index (χ0) is 14.3. The fourth-order valence-electron chi connectivity index (χ4n) is 1.59. The minimum Gasteiger partial charge on any atom is -0.354 e. The molecule has 3 nitrogen and oxygen atoms in total. The Kier molecular flexibility index (Phi) is 10.5. The lowest BCUT2D eigenvalue weighted by Crippen LogP contribution is -2.41. The van der Waals surface area contributed by atoms with E-state index in [0.29, 0.717) is 29.4 Å². The van der Waals surface area contributed by atoms with E-state index in [9.17, 15) is 4.79 Å². The molecule has 0 aliphatic rings. The fraction of sp³-hybridized carbons (Fsp3) is 0.462. The van der Waals surface area contributed by atoms with Crippen LogP contribution >= 0.6 is 47.4 Å². The summed E-state index contributed by atoms with van der Waals surface area (Å²) in [6.07, 6.45) is 3.37. The van der Waals surface area contributed by atoms with Crippen LogP contribution in [0.2, 0.25) is 10.0 Å². The Morgan fingerprint density at radius 1 is 1.35 bits per heavy atom. The highest BCUT2D eigenvalue weighted by atomic mass is 35.5. The molecule has 1 aromatic rings. The van der Waals surface area contributed by atoms with Crippen LogP contribution < -0.4 is 11.1 Å². The normalized spacial score (nSPS) is 11.6. The SMILES string of the molecule is CSCC[C@H](N)C(=O)NCCc1cc(Cl)cc(Cl)c1.Cl. The van der Waals surface area contributed by atoms with Gasteiger partial charge in [0, 0.05) is 16.6 Å². The first kappa shape index (κ1) is 19.9. The molecule has 1 amide bonds. The first-order chi connectivity index (χ1) is 9.02. The van der Waals surface area contributed by atoms with Crippen molar-refractivity contribution >= 4 is 53.3 Å². The summed E-state index contributed by atoms with van der Waals surface area (Å²) < 4.78 is 0. The number of nitrogens with two attached hydrogens (primary N) is 1. The van der Waals surface area contributed by atoms with Gasteiger partial charge in [-0.1, -0.05) is 23.2 Å². The minimum absolute atomic E-state index is 0. The van der Waals surface area contributed by atoms with Gasteiger partial charge in [0.1, 0.15) is 0 Å². The number of benzene rings is 1. The first-order valence-electron chi connectivity index (χ1n) is 6.00. The second-order valence-electron chi connectivity index (χ2n) is 4.21. The van der Waals surface area contributed by atoms with Gasteiger partial charge in [-0.05, 0) is 48.6 Å². The number of hydrogen-bond donors (Lipinski definition) is 2. The maximum Gasteiger partial charge on any atom is 0.236 e. The molecule has 0 aliphatic carbocycles. The van der Waals surface area contributed by atoms with Crippen molar-refractivity contribution in [1.29, 1.82) is 0 Å². The summed E-state index contributed by atoms with van der Waals surface area (Å²) in [4.78, 5) is 11.7. The minimum atomic E-state index is -0.435. The van der Waals surface area contributed by atoms with E-state index >= 15 is 0 Å². The van der Waals surface area contributed by atoms with E-state index in [1.165, 1.54) is 0 Å². The number of nitrogens with one attached hydrogen (secondary N) is 1. The van der Waals surface area contributed by atoms with Crippen molar-refractivity contribution in [3.63, 3.8) is 0 Å². The summed E-state index contributed by atoms with van der Waals surface area (Å²) in [7, 11) is 0. The molecule has 0 heterocycles. The van der Waals surface area contributed by atoms with Crippen molar-refractivity contribution in [2.45, 2.75) is 18.9 Å². The van der Waals surface area contributed by atoms with Crippen LogP contribution in [-0.4, -0.2) is 30.5 Å². The number of rotatable bonds is 7. The van der Waals surface area contributed by atoms with Crippen LogP contribution in [0.3, 0.4) is 0 Å². The Morgan fingerprint density at radius 2 is 1.95 bits per heavy atom. The Hall–Kier alpha value is -0.130. The third-order valence-corrected chi connectivity index (χ3v) is 3.69. The van der Waals surface area contributed by atoms with Crippen LogP contribution in [0.25, 0.3) is 0 Å². The molecule has 0 fully saturated rings. The van der Waals surface area contributed by atoms with E-state index in [-0.39, 0.29) is 18.3 Å². The molecule has 3 N–H and O–H groups in total. The van der Waals surface area contributed by atoms with E-state index in [1.807, 2.05) is 18.4 Å². The van der Waals surface area contributed by atoms with Crippen LogP contribution in [0.1, 0.15) is 12.0 Å². The molecule has 114 valence electrons. The highest BCUT2D eigenvalue weighted by molar-refractivity contribution is 7.98. The van der Waals surface area contributed by atoms with Crippen LogP contribution in [0, 0.1) is 0 Å². The van der Waals surface area contributed by atoms with Gasteiger partial charge in [-0.15, -0.1) is 12.4 Å². The number of carbonyl (C=O) groups excluding carboxylic acids is 1. The van der Waals surface area contributed by atoms with Crippen LogP contribution in [0.5, 0.6) is 0 Å². The third-order valence-electron chi connectivity index (χ3n) is 2.60. The van der Waals surface area contributed by atoms with Gasteiger partial charge in [0.2, 0.25) is 5.91 Å². The molecule has 0 bridgehead atoms. The number of thioether (sulfide) groups is 1. The maximum absolute atomic E-state index is 11.7. The van der Waals surface area contributed by atoms with E-state index < -0.39 is 6.04 Å². The van der Waals surface area contributed by atoms with Crippen molar-refractivity contribution in [3.05, 3.63) is 33.8 Å². The van der Waals surface area contributed by atoms with Crippen molar-refractivity contribution in [1.82, 2.24) is 5.32 Å². The number of amides is 1. The highest BCUT2D eigenvalue weighted by Gasteiger charge is 2.11. The summed E-state index contributed by atoms with van der Waals surface area (Å²) in [6.45, 7) is 0.530.